The molecule has 0 aliphatic carbocycles. The van der Waals surface area contributed by atoms with E-state index in [2.05, 4.69) is 18.7 Å². The third-order valence-corrected chi connectivity index (χ3v) is 5.40. The minimum Gasteiger partial charge on any atom is -0.396 e. The number of rotatable bonds is 2. The molecular weight excluding hydrogens is 302 g/mol. The first-order valence-corrected chi connectivity index (χ1v) is 8.74. The number of carbonyl (C=O) groups excluding carboxylic acids is 1. The smallest absolute Gasteiger partial charge is 0.319 e. The average Bonchev–Trinajstić information content (AvgIpc) is 2.53. The maximum atomic E-state index is 11.9. The average molecular weight is 331 g/mol. The lowest BCUT2D eigenvalue weighted by Crippen LogP contribution is -2.49. The van der Waals surface area contributed by atoms with Gasteiger partial charge in [0.25, 0.3) is 0 Å². The highest BCUT2D eigenvalue weighted by Crippen LogP contribution is 2.34. The molecule has 2 N–H and O–H groups in total. The first-order chi connectivity index (χ1) is 11.3. The van der Waals surface area contributed by atoms with Crippen molar-refractivity contribution >= 4 is 17.5 Å². The minimum atomic E-state index is 0.0696. The monoisotopic (exact) mass is 331 g/mol. The van der Waals surface area contributed by atoms with E-state index in [1.807, 2.05) is 26.2 Å². The zero-order valence-electron chi connectivity index (χ0n) is 15.2. The Kier molecular flexibility index (Phi) is 4.32. The predicted octanol–water partition coefficient (Wildman–Crippen LogP) is 2.37. The van der Waals surface area contributed by atoms with Crippen molar-refractivity contribution in [3.63, 3.8) is 0 Å². The van der Waals surface area contributed by atoms with Gasteiger partial charge in [0.05, 0.1) is 5.69 Å². The van der Waals surface area contributed by atoms with Crippen LogP contribution in [0, 0.1) is 5.41 Å². The molecule has 3 rings (SSSR count). The minimum absolute atomic E-state index is 0.0696. The van der Waals surface area contributed by atoms with Crippen molar-refractivity contribution in [1.82, 2.24) is 14.8 Å². The van der Waals surface area contributed by atoms with Gasteiger partial charge >= 0.3 is 6.03 Å². The Bertz CT molecular complexity index is 606. The topological polar surface area (TPSA) is 65.7 Å². The molecule has 6 nitrogen and oxygen atoms in total. The van der Waals surface area contributed by atoms with E-state index in [1.165, 1.54) is 0 Å². The maximum Gasteiger partial charge on any atom is 0.319 e. The highest BCUT2D eigenvalue weighted by atomic mass is 16.2. The van der Waals surface area contributed by atoms with Gasteiger partial charge < -0.3 is 20.4 Å². The summed E-state index contributed by atoms with van der Waals surface area (Å²) >= 11 is 0. The van der Waals surface area contributed by atoms with Crippen LogP contribution in [0.25, 0.3) is 0 Å². The zero-order chi connectivity index (χ0) is 17.5. The molecule has 1 aromatic heterocycles. The van der Waals surface area contributed by atoms with Crippen molar-refractivity contribution < 1.29 is 4.79 Å². The van der Waals surface area contributed by atoms with Crippen LogP contribution < -0.4 is 10.6 Å². The molecule has 0 spiro atoms. The van der Waals surface area contributed by atoms with E-state index in [4.69, 9.17) is 10.7 Å². The fourth-order valence-electron chi connectivity index (χ4n) is 3.63. The molecule has 2 fully saturated rings. The summed E-state index contributed by atoms with van der Waals surface area (Å²) in [5.74, 6) is 1.13. The van der Waals surface area contributed by atoms with E-state index >= 15 is 0 Å². The molecule has 0 unspecified atom stereocenters. The number of aromatic nitrogens is 1. The summed E-state index contributed by atoms with van der Waals surface area (Å²) < 4.78 is 0. The van der Waals surface area contributed by atoms with Crippen LogP contribution in [0.15, 0.2) is 12.1 Å². The molecule has 132 valence electrons. The molecular formula is C18H29N5O. The number of hydrogen-bond donors (Lipinski definition) is 1. The van der Waals surface area contributed by atoms with Gasteiger partial charge in [0.15, 0.2) is 5.82 Å². The molecule has 0 atom stereocenters. The van der Waals surface area contributed by atoms with Crippen LogP contribution in [0.2, 0.25) is 0 Å². The van der Waals surface area contributed by atoms with Gasteiger partial charge in [-0.15, -0.1) is 0 Å². The number of hydrogen-bond acceptors (Lipinski definition) is 4. The first kappa shape index (κ1) is 16.9. The summed E-state index contributed by atoms with van der Waals surface area (Å²) in [6, 6.07) is 4.04. The summed E-state index contributed by atoms with van der Waals surface area (Å²) in [5.41, 5.74) is 8.38. The molecule has 3 heterocycles. The molecule has 24 heavy (non-hydrogen) atoms. The Hall–Kier alpha value is -1.98. The van der Waals surface area contributed by atoms with Crippen LogP contribution in [-0.2, 0) is 0 Å². The van der Waals surface area contributed by atoms with Crippen molar-refractivity contribution in [1.29, 1.82) is 0 Å². The van der Waals surface area contributed by atoms with Gasteiger partial charge in [-0.2, -0.15) is 0 Å². The van der Waals surface area contributed by atoms with Gasteiger partial charge in [-0.25, -0.2) is 9.78 Å². The third kappa shape index (κ3) is 3.28. The second-order valence-corrected chi connectivity index (χ2v) is 8.04. The van der Waals surface area contributed by atoms with Crippen molar-refractivity contribution in [3.05, 3.63) is 17.8 Å². The van der Waals surface area contributed by atoms with Gasteiger partial charge in [0.2, 0.25) is 0 Å². The highest BCUT2D eigenvalue weighted by molar-refractivity contribution is 5.75. The summed E-state index contributed by atoms with van der Waals surface area (Å²) in [6.45, 7) is 8.04. The van der Waals surface area contributed by atoms with Crippen LogP contribution in [0.1, 0.15) is 38.3 Å². The van der Waals surface area contributed by atoms with Crippen LogP contribution in [0.3, 0.4) is 0 Å². The first-order valence-electron chi connectivity index (χ1n) is 8.74. The number of likely N-dealkylation sites (N-methyl/N-ethyl adjacent to an activating group) is 2. The lowest BCUT2D eigenvalue weighted by atomic mass is 9.82. The van der Waals surface area contributed by atoms with E-state index in [1.54, 1.807) is 9.80 Å². The Balaban J connectivity index is 1.81. The number of nitrogens with two attached hydrogens (primary N) is 1. The van der Waals surface area contributed by atoms with Crippen LogP contribution in [0.4, 0.5) is 16.3 Å². The molecule has 0 bridgehead atoms. The summed E-state index contributed by atoms with van der Waals surface area (Å²) in [5, 5.41) is 0. The van der Waals surface area contributed by atoms with Gasteiger partial charge in [-0.1, -0.05) is 13.8 Å². The summed E-state index contributed by atoms with van der Waals surface area (Å²) in [7, 11) is 3.69. The Labute approximate surface area is 144 Å². The number of piperidine rings is 1. The van der Waals surface area contributed by atoms with Gasteiger partial charge in [-0.3, -0.25) is 0 Å². The van der Waals surface area contributed by atoms with E-state index in [-0.39, 0.29) is 11.9 Å². The van der Waals surface area contributed by atoms with Gasteiger partial charge in [-0.05, 0) is 30.4 Å². The number of urea groups is 1. The fraction of sp³-hybridized carbons (Fsp3) is 0.667. The molecule has 0 radical (unpaired) electrons. The second kappa shape index (κ2) is 6.15. The third-order valence-electron chi connectivity index (χ3n) is 5.40. The number of nitrogens with zero attached hydrogens (tertiary/aromatic N) is 4. The van der Waals surface area contributed by atoms with Crippen molar-refractivity contribution in [3.8, 4) is 0 Å². The van der Waals surface area contributed by atoms with Crippen LogP contribution in [0.5, 0.6) is 0 Å². The van der Waals surface area contributed by atoms with E-state index in [0.29, 0.717) is 18.5 Å². The standard InChI is InChI=1S/C18H29N5O/c1-18(2)7-9-23(10-8-18)16-14(19)5-6-15(20-16)13-11-21(3)17(24)22(4)12-13/h5-6,13H,7-12,19H2,1-4H3. The lowest BCUT2D eigenvalue weighted by molar-refractivity contribution is 0.144. The SMILES string of the molecule is CN1CC(c2ccc(N)c(N3CCC(C)(C)CC3)n2)CN(C)C1=O. The number of nitrogen functional groups attached to an aromatic ring is 1. The molecule has 2 aliphatic rings. The molecule has 1 aromatic rings. The number of amides is 2. The molecule has 6 heteroatoms. The quantitative estimate of drug-likeness (QED) is 0.903. The van der Waals surface area contributed by atoms with E-state index < -0.39 is 0 Å². The van der Waals surface area contributed by atoms with Crippen molar-refractivity contribution in [2.45, 2.75) is 32.6 Å². The molecule has 2 amide bonds. The molecule has 0 saturated carbocycles. The normalized spacial score (nSPS) is 22.2. The number of pyridine rings is 1. The predicted molar refractivity (Wildman–Crippen MR) is 97.3 cm³/mol. The Morgan fingerprint density at radius 1 is 1.12 bits per heavy atom. The maximum absolute atomic E-state index is 11.9. The molecule has 2 saturated heterocycles. The number of carbonyl (C=O) groups is 1. The van der Waals surface area contributed by atoms with Gasteiger partial charge in [0, 0.05) is 51.9 Å². The van der Waals surface area contributed by atoms with E-state index in [9.17, 15) is 4.79 Å². The van der Waals surface area contributed by atoms with E-state index in [0.717, 1.165) is 43.1 Å². The fourth-order valence-corrected chi connectivity index (χ4v) is 3.63. The lowest BCUT2D eigenvalue weighted by Gasteiger charge is -2.39. The second-order valence-electron chi connectivity index (χ2n) is 8.04. The van der Waals surface area contributed by atoms with Crippen molar-refractivity contribution in [2.24, 2.45) is 5.41 Å². The number of anilines is 2. The zero-order valence-corrected chi connectivity index (χ0v) is 15.2. The summed E-state index contributed by atoms with van der Waals surface area (Å²) in [4.78, 5) is 22.7. The molecule has 2 aliphatic heterocycles. The van der Waals surface area contributed by atoms with Gasteiger partial charge in [0.1, 0.15) is 0 Å². The van der Waals surface area contributed by atoms with Crippen LogP contribution in [-0.4, -0.2) is 61.1 Å². The Morgan fingerprint density at radius 3 is 2.29 bits per heavy atom. The highest BCUT2D eigenvalue weighted by Gasteiger charge is 2.31. The summed E-state index contributed by atoms with van der Waals surface area (Å²) in [6.07, 6.45) is 2.31. The molecule has 0 aromatic carbocycles. The van der Waals surface area contributed by atoms with Crippen LogP contribution >= 0.6 is 0 Å². The Morgan fingerprint density at radius 2 is 1.71 bits per heavy atom. The largest absolute Gasteiger partial charge is 0.396 e. The van der Waals surface area contributed by atoms with Crippen molar-refractivity contribution in [2.75, 3.05) is 50.9 Å².